The van der Waals surface area contributed by atoms with Crippen LogP contribution in [0.25, 0.3) is 0 Å². The predicted molar refractivity (Wildman–Crippen MR) is 42.8 cm³/mol. The summed E-state index contributed by atoms with van der Waals surface area (Å²) < 4.78 is 0. The van der Waals surface area contributed by atoms with E-state index in [4.69, 9.17) is 0 Å². The maximum absolute atomic E-state index is 9.37. The zero-order chi connectivity index (χ0) is 7.56. The van der Waals surface area contributed by atoms with Gasteiger partial charge in [0.25, 0.3) is 0 Å². The summed E-state index contributed by atoms with van der Waals surface area (Å²) in [5, 5.41) is 9.37. The predicted octanol–water partition coefficient (Wildman–Crippen LogP) is 2.72. The lowest BCUT2D eigenvalue weighted by molar-refractivity contribution is 0.414. The van der Waals surface area contributed by atoms with Crippen LogP contribution in [0.3, 0.4) is 0 Å². The standard InChI is InChI=1S/C9H12O/c1-3-8-6-4-5-7(2)9(8)10/h4-5,10H,2-3,6H2,1H3. The molecule has 0 heterocycles. The minimum Gasteiger partial charge on any atom is -0.507 e. The van der Waals surface area contributed by atoms with E-state index >= 15 is 0 Å². The third-order valence-corrected chi connectivity index (χ3v) is 1.75. The van der Waals surface area contributed by atoms with Gasteiger partial charge in [-0.3, -0.25) is 0 Å². The molecule has 1 heteroatoms. The Balaban J connectivity index is 2.87. The van der Waals surface area contributed by atoms with Gasteiger partial charge in [0.05, 0.1) is 0 Å². The van der Waals surface area contributed by atoms with E-state index in [0.717, 1.165) is 24.0 Å². The Morgan fingerprint density at radius 2 is 2.40 bits per heavy atom. The third-order valence-electron chi connectivity index (χ3n) is 1.75. The van der Waals surface area contributed by atoms with Crippen LogP contribution in [0.15, 0.2) is 35.6 Å². The minimum atomic E-state index is 0.394. The Hall–Kier alpha value is -0.980. The second-order valence-corrected chi connectivity index (χ2v) is 2.44. The molecule has 0 amide bonds. The van der Waals surface area contributed by atoms with E-state index in [0.29, 0.717) is 5.76 Å². The lowest BCUT2D eigenvalue weighted by Crippen LogP contribution is -1.95. The van der Waals surface area contributed by atoms with Crippen LogP contribution < -0.4 is 0 Å². The molecule has 1 N–H and O–H groups in total. The van der Waals surface area contributed by atoms with Crippen LogP contribution in [0.2, 0.25) is 0 Å². The first kappa shape index (κ1) is 7.13. The van der Waals surface area contributed by atoms with Crippen molar-refractivity contribution < 1.29 is 5.11 Å². The molecule has 0 fully saturated rings. The monoisotopic (exact) mass is 136 g/mol. The first-order valence-corrected chi connectivity index (χ1v) is 3.52. The first-order valence-electron chi connectivity index (χ1n) is 3.52. The number of hydrogen-bond acceptors (Lipinski definition) is 1. The molecule has 1 aliphatic rings. The zero-order valence-electron chi connectivity index (χ0n) is 6.22. The molecule has 0 aromatic heterocycles. The Morgan fingerprint density at radius 1 is 1.70 bits per heavy atom. The Kier molecular flexibility index (Phi) is 1.95. The van der Waals surface area contributed by atoms with Crippen LogP contribution >= 0.6 is 0 Å². The summed E-state index contributed by atoms with van der Waals surface area (Å²) in [5.41, 5.74) is 1.83. The third kappa shape index (κ3) is 1.13. The molecule has 54 valence electrons. The molecular weight excluding hydrogens is 124 g/mol. The lowest BCUT2D eigenvalue weighted by atomic mass is 9.99. The molecule has 1 nitrogen and oxygen atoms in total. The average Bonchev–Trinajstić information content (AvgIpc) is 1.95. The molecular formula is C9H12O. The molecule has 0 spiro atoms. The fourth-order valence-corrected chi connectivity index (χ4v) is 1.06. The molecule has 0 aliphatic heterocycles. The van der Waals surface area contributed by atoms with Crippen LogP contribution in [-0.2, 0) is 0 Å². The summed E-state index contributed by atoms with van der Waals surface area (Å²) in [7, 11) is 0. The van der Waals surface area contributed by atoms with Crippen molar-refractivity contribution >= 4 is 0 Å². The molecule has 0 saturated carbocycles. The highest BCUT2D eigenvalue weighted by Gasteiger charge is 2.07. The Bertz CT molecular complexity index is 209. The van der Waals surface area contributed by atoms with Gasteiger partial charge < -0.3 is 5.11 Å². The van der Waals surface area contributed by atoms with Crippen LogP contribution in [0.4, 0.5) is 0 Å². The largest absolute Gasteiger partial charge is 0.507 e. The minimum absolute atomic E-state index is 0.394. The smallest absolute Gasteiger partial charge is 0.121 e. The molecule has 1 aliphatic carbocycles. The van der Waals surface area contributed by atoms with E-state index in [1.165, 1.54) is 0 Å². The summed E-state index contributed by atoms with van der Waals surface area (Å²) in [6.45, 7) is 5.74. The molecule has 0 aromatic carbocycles. The van der Waals surface area contributed by atoms with E-state index in [1.807, 2.05) is 19.1 Å². The molecule has 0 unspecified atom stereocenters. The summed E-state index contributed by atoms with van der Waals surface area (Å²) in [5.74, 6) is 0.394. The fraction of sp³-hybridized carbons (Fsp3) is 0.333. The van der Waals surface area contributed by atoms with Crippen molar-refractivity contribution in [2.75, 3.05) is 0 Å². The normalized spacial score (nSPS) is 18.3. The van der Waals surface area contributed by atoms with Gasteiger partial charge in [-0.25, -0.2) is 0 Å². The van der Waals surface area contributed by atoms with Gasteiger partial charge in [0.15, 0.2) is 0 Å². The molecule has 0 atom stereocenters. The average molecular weight is 136 g/mol. The zero-order valence-corrected chi connectivity index (χ0v) is 6.22. The van der Waals surface area contributed by atoms with Crippen molar-refractivity contribution in [2.45, 2.75) is 19.8 Å². The fourth-order valence-electron chi connectivity index (χ4n) is 1.06. The highest BCUT2D eigenvalue weighted by atomic mass is 16.3. The van der Waals surface area contributed by atoms with E-state index in [9.17, 15) is 5.11 Å². The van der Waals surface area contributed by atoms with E-state index in [2.05, 4.69) is 6.58 Å². The highest BCUT2D eigenvalue weighted by molar-refractivity contribution is 5.40. The van der Waals surface area contributed by atoms with Gasteiger partial charge in [-0.05, 0) is 18.4 Å². The van der Waals surface area contributed by atoms with E-state index < -0.39 is 0 Å². The number of allylic oxidation sites excluding steroid dienone is 3. The maximum Gasteiger partial charge on any atom is 0.121 e. The van der Waals surface area contributed by atoms with Crippen molar-refractivity contribution in [1.82, 2.24) is 0 Å². The number of hydrogen-bond donors (Lipinski definition) is 1. The lowest BCUT2D eigenvalue weighted by Gasteiger charge is -2.10. The van der Waals surface area contributed by atoms with Gasteiger partial charge in [0.1, 0.15) is 5.76 Å². The highest BCUT2D eigenvalue weighted by Crippen LogP contribution is 2.22. The summed E-state index contributed by atoms with van der Waals surface area (Å²) in [6.07, 6.45) is 5.67. The summed E-state index contributed by atoms with van der Waals surface area (Å²) in [6, 6.07) is 0. The van der Waals surface area contributed by atoms with Crippen molar-refractivity contribution in [1.29, 1.82) is 0 Å². The summed E-state index contributed by atoms with van der Waals surface area (Å²) in [4.78, 5) is 0. The maximum atomic E-state index is 9.37. The molecule has 0 aromatic rings. The molecule has 10 heavy (non-hydrogen) atoms. The van der Waals surface area contributed by atoms with Crippen LogP contribution in [0.5, 0.6) is 0 Å². The first-order chi connectivity index (χ1) is 4.75. The Morgan fingerprint density at radius 3 is 2.90 bits per heavy atom. The van der Waals surface area contributed by atoms with Crippen molar-refractivity contribution in [3.63, 3.8) is 0 Å². The van der Waals surface area contributed by atoms with E-state index in [1.54, 1.807) is 0 Å². The van der Waals surface area contributed by atoms with Gasteiger partial charge in [0, 0.05) is 5.57 Å². The SMILES string of the molecule is C=C1C=CCC(CC)=C1O. The quantitative estimate of drug-likeness (QED) is 0.587. The van der Waals surface area contributed by atoms with Gasteiger partial charge in [-0.2, -0.15) is 0 Å². The van der Waals surface area contributed by atoms with Crippen LogP contribution in [-0.4, -0.2) is 5.11 Å². The van der Waals surface area contributed by atoms with Crippen molar-refractivity contribution in [2.24, 2.45) is 0 Å². The topological polar surface area (TPSA) is 20.2 Å². The van der Waals surface area contributed by atoms with Crippen molar-refractivity contribution in [3.05, 3.63) is 35.6 Å². The van der Waals surface area contributed by atoms with Crippen LogP contribution in [0, 0.1) is 0 Å². The van der Waals surface area contributed by atoms with Gasteiger partial charge in [-0.15, -0.1) is 0 Å². The molecule has 1 rings (SSSR count). The summed E-state index contributed by atoms with van der Waals surface area (Å²) >= 11 is 0. The van der Waals surface area contributed by atoms with Gasteiger partial charge in [0.2, 0.25) is 0 Å². The molecule has 0 radical (unpaired) electrons. The van der Waals surface area contributed by atoms with Gasteiger partial charge in [-0.1, -0.05) is 25.7 Å². The number of aliphatic hydroxyl groups is 1. The molecule has 0 bridgehead atoms. The second kappa shape index (κ2) is 2.74. The second-order valence-electron chi connectivity index (χ2n) is 2.44. The van der Waals surface area contributed by atoms with Crippen LogP contribution in [0.1, 0.15) is 19.8 Å². The van der Waals surface area contributed by atoms with Crippen molar-refractivity contribution in [3.8, 4) is 0 Å². The molecule has 0 saturated heterocycles. The van der Waals surface area contributed by atoms with E-state index in [-0.39, 0.29) is 0 Å². The van der Waals surface area contributed by atoms with Gasteiger partial charge >= 0.3 is 0 Å². The number of rotatable bonds is 1. The Labute approximate surface area is 61.4 Å². The number of aliphatic hydroxyl groups excluding tert-OH is 1.